The summed E-state index contributed by atoms with van der Waals surface area (Å²) >= 11 is 0. The molecule has 3 atom stereocenters. The number of nitrogens with one attached hydrogen (secondary N) is 3. The Balaban J connectivity index is 2.22. The highest BCUT2D eigenvalue weighted by Gasteiger charge is 2.36. The maximum Gasteiger partial charge on any atom is 0.405 e. The molecule has 0 radical (unpaired) electrons. The predicted octanol–water partition coefficient (Wildman–Crippen LogP) is 1.80. The first-order valence-corrected chi connectivity index (χ1v) is 9.88. The lowest BCUT2D eigenvalue weighted by atomic mass is 9.89. The molecule has 1 aromatic carbocycles. The molecule has 1 aliphatic carbocycles. The average Bonchev–Trinajstić information content (AvgIpc) is 3.48. The van der Waals surface area contributed by atoms with Gasteiger partial charge in [0.1, 0.15) is 12.1 Å². The van der Waals surface area contributed by atoms with Crippen LogP contribution >= 0.6 is 0 Å². The van der Waals surface area contributed by atoms with Crippen molar-refractivity contribution < 1.29 is 24.3 Å². The van der Waals surface area contributed by atoms with Crippen molar-refractivity contribution in [3.8, 4) is 0 Å². The van der Waals surface area contributed by atoms with Crippen LogP contribution in [0.1, 0.15) is 51.5 Å². The molecule has 29 heavy (non-hydrogen) atoms. The van der Waals surface area contributed by atoms with Gasteiger partial charge in [0.15, 0.2) is 0 Å². The van der Waals surface area contributed by atoms with Gasteiger partial charge in [-0.05, 0) is 30.7 Å². The van der Waals surface area contributed by atoms with Crippen LogP contribution in [0.4, 0.5) is 4.79 Å². The molecule has 4 N–H and O–H groups in total. The summed E-state index contributed by atoms with van der Waals surface area (Å²) in [4.78, 5) is 49.1. The van der Waals surface area contributed by atoms with Crippen molar-refractivity contribution >= 4 is 23.7 Å². The summed E-state index contributed by atoms with van der Waals surface area (Å²) in [6.45, 7) is 5.48. The Labute approximate surface area is 170 Å². The minimum Gasteiger partial charge on any atom is -0.465 e. The Hall–Kier alpha value is -2.90. The highest BCUT2D eigenvalue weighted by molar-refractivity contribution is 6.38. The number of benzene rings is 1. The minimum atomic E-state index is -1.32. The Kier molecular flexibility index (Phi) is 7.75. The number of ketones is 1. The second-order valence-corrected chi connectivity index (χ2v) is 7.93. The maximum absolute atomic E-state index is 12.9. The van der Waals surface area contributed by atoms with E-state index in [1.165, 1.54) is 0 Å². The third kappa shape index (κ3) is 6.89. The predicted molar refractivity (Wildman–Crippen MR) is 107 cm³/mol. The minimum absolute atomic E-state index is 0.0113. The number of Topliss-reactive ketones (excluding diaryl/α,β-unsaturated/α-hetero) is 1. The van der Waals surface area contributed by atoms with Crippen molar-refractivity contribution in [3.63, 3.8) is 0 Å². The third-order valence-corrected chi connectivity index (χ3v) is 4.86. The molecule has 0 aliphatic heterocycles. The molecule has 0 bridgehead atoms. The van der Waals surface area contributed by atoms with Gasteiger partial charge in [0.2, 0.25) is 11.7 Å². The fourth-order valence-corrected chi connectivity index (χ4v) is 3.10. The van der Waals surface area contributed by atoms with Crippen LogP contribution < -0.4 is 16.0 Å². The largest absolute Gasteiger partial charge is 0.465 e. The van der Waals surface area contributed by atoms with Gasteiger partial charge in [0.05, 0.1) is 0 Å². The monoisotopic (exact) mass is 403 g/mol. The first kappa shape index (κ1) is 22.4. The van der Waals surface area contributed by atoms with E-state index in [0.717, 1.165) is 18.4 Å². The van der Waals surface area contributed by atoms with Crippen LogP contribution in [0, 0.1) is 5.92 Å². The van der Waals surface area contributed by atoms with Crippen molar-refractivity contribution in [1.29, 1.82) is 0 Å². The lowest BCUT2D eigenvalue weighted by Crippen LogP contribution is -2.55. The van der Waals surface area contributed by atoms with E-state index in [0.29, 0.717) is 0 Å². The quantitative estimate of drug-likeness (QED) is 0.444. The lowest BCUT2D eigenvalue weighted by Gasteiger charge is -2.27. The molecule has 158 valence electrons. The molecule has 3 amide bonds. The van der Waals surface area contributed by atoms with E-state index in [2.05, 4.69) is 16.0 Å². The van der Waals surface area contributed by atoms with Gasteiger partial charge in [-0.25, -0.2) is 4.79 Å². The standard InChI is InChI=1S/C21H29N3O5/c1-12(2)11-16(23-21(28)29)19(26)24-17(13(3)14-7-5-4-6-8-14)18(25)20(27)22-15-9-10-15/h4-8,12-13,15-17,23H,9-11H2,1-3H3,(H,22,27)(H,24,26)(H,28,29)/t13?,16-,17-/m0/s1. The van der Waals surface area contributed by atoms with Crippen LogP contribution in [-0.4, -0.2) is 46.9 Å². The molecular weight excluding hydrogens is 374 g/mol. The summed E-state index contributed by atoms with van der Waals surface area (Å²) in [7, 11) is 0. The second-order valence-electron chi connectivity index (χ2n) is 7.93. The number of rotatable bonds is 10. The van der Waals surface area contributed by atoms with Gasteiger partial charge in [0.25, 0.3) is 5.91 Å². The van der Waals surface area contributed by atoms with Crippen molar-refractivity contribution in [2.45, 2.75) is 64.1 Å². The van der Waals surface area contributed by atoms with Crippen molar-refractivity contribution in [2.24, 2.45) is 5.92 Å². The SMILES string of the molecule is CC(C)C[C@H](NC(=O)O)C(=O)N[C@H](C(=O)C(=O)NC1CC1)C(C)c1ccccc1. The van der Waals surface area contributed by atoms with Gasteiger partial charge < -0.3 is 21.1 Å². The summed E-state index contributed by atoms with van der Waals surface area (Å²) < 4.78 is 0. The highest BCUT2D eigenvalue weighted by atomic mass is 16.4. The summed E-state index contributed by atoms with van der Waals surface area (Å²) in [6, 6.07) is 6.98. The number of hydrogen-bond donors (Lipinski definition) is 4. The first-order valence-electron chi connectivity index (χ1n) is 9.88. The molecule has 1 aromatic rings. The molecule has 2 rings (SSSR count). The molecule has 0 aromatic heterocycles. The van der Waals surface area contributed by atoms with Gasteiger partial charge in [-0.15, -0.1) is 0 Å². The molecular formula is C21H29N3O5. The Morgan fingerprint density at radius 2 is 1.66 bits per heavy atom. The van der Waals surface area contributed by atoms with Gasteiger partial charge in [-0.3, -0.25) is 14.4 Å². The molecule has 0 saturated heterocycles. The highest BCUT2D eigenvalue weighted by Crippen LogP contribution is 2.22. The smallest absolute Gasteiger partial charge is 0.405 e. The van der Waals surface area contributed by atoms with Gasteiger partial charge in [0, 0.05) is 12.0 Å². The number of carboxylic acid groups (broad SMARTS) is 1. The van der Waals surface area contributed by atoms with E-state index in [1.807, 2.05) is 44.2 Å². The Bertz CT molecular complexity index is 746. The fraction of sp³-hybridized carbons (Fsp3) is 0.524. The average molecular weight is 403 g/mol. The van der Waals surface area contributed by atoms with E-state index in [1.54, 1.807) is 6.92 Å². The van der Waals surface area contributed by atoms with Gasteiger partial charge in [-0.2, -0.15) is 0 Å². The van der Waals surface area contributed by atoms with E-state index < -0.39 is 41.7 Å². The summed E-state index contributed by atoms with van der Waals surface area (Å²) in [6.07, 6.45) is 0.621. The normalized spacial score (nSPS) is 16.4. The topological polar surface area (TPSA) is 125 Å². The van der Waals surface area contributed by atoms with Crippen LogP contribution in [0.25, 0.3) is 0 Å². The molecule has 1 unspecified atom stereocenters. The number of amides is 3. The third-order valence-electron chi connectivity index (χ3n) is 4.86. The maximum atomic E-state index is 12.9. The van der Waals surface area contributed by atoms with Crippen LogP contribution in [0.15, 0.2) is 30.3 Å². The van der Waals surface area contributed by atoms with Crippen molar-refractivity contribution in [3.05, 3.63) is 35.9 Å². The Morgan fingerprint density at radius 1 is 1.03 bits per heavy atom. The summed E-state index contributed by atoms with van der Waals surface area (Å²) in [5.41, 5.74) is 0.789. The van der Waals surface area contributed by atoms with Crippen molar-refractivity contribution in [2.75, 3.05) is 0 Å². The number of hydrogen-bond acceptors (Lipinski definition) is 4. The zero-order valence-electron chi connectivity index (χ0n) is 17.0. The molecule has 1 aliphatic rings. The number of carbonyl (C=O) groups excluding carboxylic acids is 3. The molecule has 8 heteroatoms. The van der Waals surface area contributed by atoms with Crippen LogP contribution in [0.5, 0.6) is 0 Å². The lowest BCUT2D eigenvalue weighted by molar-refractivity contribution is -0.140. The van der Waals surface area contributed by atoms with Gasteiger partial charge >= 0.3 is 6.09 Å². The molecule has 1 saturated carbocycles. The van der Waals surface area contributed by atoms with Crippen LogP contribution in [0.2, 0.25) is 0 Å². The van der Waals surface area contributed by atoms with Crippen LogP contribution in [0.3, 0.4) is 0 Å². The molecule has 0 heterocycles. The molecule has 1 fully saturated rings. The number of carbonyl (C=O) groups is 4. The van der Waals surface area contributed by atoms with Crippen LogP contribution in [-0.2, 0) is 14.4 Å². The zero-order chi connectivity index (χ0) is 21.6. The fourth-order valence-electron chi connectivity index (χ4n) is 3.10. The van der Waals surface area contributed by atoms with Gasteiger partial charge in [-0.1, -0.05) is 51.1 Å². The van der Waals surface area contributed by atoms with E-state index in [9.17, 15) is 19.2 Å². The van der Waals surface area contributed by atoms with E-state index in [-0.39, 0.29) is 18.4 Å². The van der Waals surface area contributed by atoms with E-state index in [4.69, 9.17) is 5.11 Å². The Morgan fingerprint density at radius 3 is 2.17 bits per heavy atom. The second kappa shape index (κ2) is 10.0. The van der Waals surface area contributed by atoms with E-state index >= 15 is 0 Å². The first-order chi connectivity index (χ1) is 13.7. The zero-order valence-corrected chi connectivity index (χ0v) is 17.0. The molecule has 8 nitrogen and oxygen atoms in total. The molecule has 0 spiro atoms. The summed E-state index contributed by atoms with van der Waals surface area (Å²) in [5, 5.41) is 16.5. The summed E-state index contributed by atoms with van der Waals surface area (Å²) in [5.74, 6) is -2.51. The van der Waals surface area contributed by atoms with Crippen molar-refractivity contribution in [1.82, 2.24) is 16.0 Å².